The number of amides is 2. The van der Waals surface area contributed by atoms with E-state index in [-0.39, 0.29) is 36.5 Å². The first-order valence-corrected chi connectivity index (χ1v) is 13.2. The van der Waals surface area contributed by atoms with Crippen molar-refractivity contribution in [1.29, 1.82) is 0 Å². The second-order valence-corrected chi connectivity index (χ2v) is 9.94. The molecule has 0 radical (unpaired) electrons. The molecule has 12 heteroatoms. The fourth-order valence-corrected chi connectivity index (χ4v) is 5.13. The molecule has 0 aliphatic carbocycles. The van der Waals surface area contributed by atoms with Gasteiger partial charge in [0.25, 0.3) is 0 Å². The highest BCUT2D eigenvalue weighted by Gasteiger charge is 2.34. The number of nitrogens with zero attached hydrogens (tertiary/aromatic N) is 5. The zero-order valence-electron chi connectivity index (χ0n) is 20.7. The Morgan fingerprint density at radius 3 is 2.82 bits per heavy atom. The molecular formula is C26H27FN6O4S. The van der Waals surface area contributed by atoms with E-state index in [1.165, 1.54) is 22.3 Å². The summed E-state index contributed by atoms with van der Waals surface area (Å²) in [7, 11) is 0. The van der Waals surface area contributed by atoms with Crippen LogP contribution in [0.25, 0.3) is 11.6 Å². The summed E-state index contributed by atoms with van der Waals surface area (Å²) in [6, 6.07) is 12.3. The number of rotatable bonds is 10. The molecule has 38 heavy (non-hydrogen) atoms. The predicted molar refractivity (Wildman–Crippen MR) is 136 cm³/mol. The molecule has 1 aliphatic heterocycles. The number of aryl methyl sites for hydroxylation is 1. The number of ether oxygens (including phenoxy) is 1. The third kappa shape index (κ3) is 5.97. The Morgan fingerprint density at radius 2 is 2.11 bits per heavy atom. The monoisotopic (exact) mass is 538 g/mol. The lowest BCUT2D eigenvalue weighted by Crippen LogP contribution is -2.46. The second-order valence-electron chi connectivity index (χ2n) is 8.96. The number of carbonyl (C=O) groups is 2. The molecule has 1 N–H and O–H groups in total. The topological polar surface area (TPSA) is 115 Å². The zero-order chi connectivity index (χ0) is 26.5. The molecule has 1 saturated heterocycles. The highest BCUT2D eigenvalue weighted by atomic mass is 32.1. The molecule has 1 aromatic carbocycles. The van der Waals surface area contributed by atoms with Crippen molar-refractivity contribution in [2.24, 2.45) is 0 Å². The number of nitrogens with one attached hydrogen (secondary N) is 1. The summed E-state index contributed by atoms with van der Waals surface area (Å²) < 4.78 is 25.9. The zero-order valence-corrected chi connectivity index (χ0v) is 21.6. The lowest BCUT2D eigenvalue weighted by Gasteiger charge is -2.31. The predicted octanol–water partition coefficient (Wildman–Crippen LogP) is 3.51. The van der Waals surface area contributed by atoms with Gasteiger partial charge in [-0.05, 0) is 54.6 Å². The van der Waals surface area contributed by atoms with E-state index < -0.39 is 17.8 Å². The lowest BCUT2D eigenvalue weighted by molar-refractivity contribution is -0.142. The van der Waals surface area contributed by atoms with Gasteiger partial charge in [-0.3, -0.25) is 9.59 Å². The maximum atomic E-state index is 14.7. The van der Waals surface area contributed by atoms with Gasteiger partial charge < -0.3 is 19.4 Å². The van der Waals surface area contributed by atoms with Crippen LogP contribution in [0.5, 0.6) is 0 Å². The Morgan fingerprint density at radius 1 is 1.24 bits per heavy atom. The normalized spacial score (nSPS) is 15.9. The van der Waals surface area contributed by atoms with Crippen LogP contribution in [-0.2, 0) is 27.4 Å². The van der Waals surface area contributed by atoms with Crippen LogP contribution >= 0.6 is 11.3 Å². The number of tetrazole rings is 1. The van der Waals surface area contributed by atoms with Crippen molar-refractivity contribution in [1.82, 2.24) is 30.4 Å². The second kappa shape index (κ2) is 11.7. The Bertz CT molecular complexity index is 1380. The molecule has 5 rings (SSSR count). The molecule has 1 fully saturated rings. The first-order valence-electron chi connectivity index (χ1n) is 12.3. The van der Waals surface area contributed by atoms with Crippen molar-refractivity contribution in [3.05, 3.63) is 75.9 Å². The van der Waals surface area contributed by atoms with Crippen LogP contribution in [0.3, 0.4) is 0 Å². The van der Waals surface area contributed by atoms with Gasteiger partial charge in [-0.1, -0.05) is 24.3 Å². The largest absolute Gasteiger partial charge is 0.458 e. The van der Waals surface area contributed by atoms with E-state index in [2.05, 4.69) is 20.7 Å². The van der Waals surface area contributed by atoms with E-state index in [0.717, 1.165) is 17.6 Å². The maximum Gasteiger partial charge on any atom is 0.248 e. The molecule has 3 aromatic heterocycles. The fourth-order valence-electron chi connectivity index (χ4n) is 4.30. The molecular weight excluding hydrogens is 511 g/mol. The molecule has 2 amide bonds. The number of halogens is 1. The third-order valence-electron chi connectivity index (χ3n) is 6.21. The van der Waals surface area contributed by atoms with Crippen LogP contribution in [0.15, 0.2) is 58.3 Å². The number of aromatic nitrogens is 4. The Labute approximate surface area is 222 Å². The van der Waals surface area contributed by atoms with Crippen LogP contribution in [0.2, 0.25) is 0 Å². The standard InChI is InChI=1S/C26H27FN6O4S/c1-17-10-11-21(37-17)25-29-31-33(30-25)16-23(34)32(15-18-6-2-3-8-20(18)27)24(22-9-5-13-38-22)26(35)28-14-19-7-4-12-36-19/h2-3,5-6,8-11,13,19,24H,4,7,12,14-16H2,1H3,(H,28,35)/t19-,24+/m0/s1. The van der Waals surface area contributed by atoms with Crippen LogP contribution < -0.4 is 5.32 Å². The average molecular weight is 539 g/mol. The van der Waals surface area contributed by atoms with Gasteiger partial charge in [0.15, 0.2) is 5.76 Å². The molecule has 198 valence electrons. The van der Waals surface area contributed by atoms with Crippen LogP contribution in [-0.4, -0.2) is 56.2 Å². The maximum absolute atomic E-state index is 14.7. The minimum Gasteiger partial charge on any atom is -0.458 e. The molecule has 0 spiro atoms. The van der Waals surface area contributed by atoms with E-state index in [0.29, 0.717) is 29.5 Å². The molecule has 2 atom stereocenters. The smallest absolute Gasteiger partial charge is 0.248 e. The highest BCUT2D eigenvalue weighted by molar-refractivity contribution is 7.10. The van der Waals surface area contributed by atoms with Gasteiger partial charge in [-0.2, -0.15) is 4.80 Å². The Kier molecular flexibility index (Phi) is 7.89. The molecule has 0 saturated carbocycles. The van der Waals surface area contributed by atoms with E-state index >= 15 is 0 Å². The van der Waals surface area contributed by atoms with Crippen molar-refractivity contribution < 1.29 is 23.1 Å². The van der Waals surface area contributed by atoms with Gasteiger partial charge in [-0.15, -0.1) is 21.5 Å². The number of thiophene rings is 1. The molecule has 1 aliphatic rings. The van der Waals surface area contributed by atoms with Crippen molar-refractivity contribution >= 4 is 23.2 Å². The quantitative estimate of drug-likeness (QED) is 0.329. The summed E-state index contributed by atoms with van der Waals surface area (Å²) in [6.45, 7) is 2.37. The third-order valence-corrected chi connectivity index (χ3v) is 7.13. The number of benzene rings is 1. The summed E-state index contributed by atoms with van der Waals surface area (Å²) in [5, 5.41) is 17.0. The van der Waals surface area contributed by atoms with E-state index in [1.807, 2.05) is 11.4 Å². The van der Waals surface area contributed by atoms with Crippen molar-refractivity contribution in [2.45, 2.75) is 45.0 Å². The van der Waals surface area contributed by atoms with Crippen LogP contribution in [0, 0.1) is 12.7 Å². The first-order chi connectivity index (χ1) is 18.5. The van der Waals surface area contributed by atoms with Gasteiger partial charge in [0.05, 0.1) is 6.10 Å². The molecule has 0 bridgehead atoms. The summed E-state index contributed by atoms with van der Waals surface area (Å²) in [4.78, 5) is 30.4. The Hall–Kier alpha value is -3.90. The number of hydrogen-bond acceptors (Lipinski definition) is 8. The summed E-state index contributed by atoms with van der Waals surface area (Å²) >= 11 is 1.35. The molecule has 4 aromatic rings. The van der Waals surface area contributed by atoms with Crippen LogP contribution in [0.1, 0.15) is 35.1 Å². The summed E-state index contributed by atoms with van der Waals surface area (Å²) in [5.41, 5.74) is 0.285. The Balaban J connectivity index is 1.42. The van der Waals surface area contributed by atoms with Gasteiger partial charge in [0, 0.05) is 30.1 Å². The highest BCUT2D eigenvalue weighted by Crippen LogP contribution is 2.29. The van der Waals surface area contributed by atoms with E-state index in [9.17, 15) is 14.0 Å². The minimum absolute atomic E-state index is 0.0679. The molecule has 4 heterocycles. The summed E-state index contributed by atoms with van der Waals surface area (Å²) in [6.07, 6.45) is 1.73. The average Bonchev–Trinajstić information content (AvgIpc) is 3.72. The van der Waals surface area contributed by atoms with E-state index in [1.54, 1.807) is 43.3 Å². The first kappa shape index (κ1) is 25.7. The van der Waals surface area contributed by atoms with Crippen molar-refractivity contribution in [3.63, 3.8) is 0 Å². The SMILES string of the molecule is Cc1ccc(-c2nnn(CC(=O)N(Cc3ccccc3F)[C@@H](C(=O)NC[C@@H]3CCCO3)c3cccs3)n2)o1. The van der Waals surface area contributed by atoms with Gasteiger partial charge in [-0.25, -0.2) is 4.39 Å². The molecule has 0 unspecified atom stereocenters. The van der Waals surface area contributed by atoms with Gasteiger partial charge in [0.1, 0.15) is 24.2 Å². The number of furan rings is 1. The summed E-state index contributed by atoms with van der Waals surface area (Å²) in [5.74, 6) is 0.0372. The lowest BCUT2D eigenvalue weighted by atomic mass is 10.1. The number of carbonyl (C=O) groups excluding carboxylic acids is 2. The molecule has 10 nitrogen and oxygen atoms in total. The van der Waals surface area contributed by atoms with Crippen LogP contribution in [0.4, 0.5) is 4.39 Å². The fraction of sp³-hybridized carbons (Fsp3) is 0.346. The van der Waals surface area contributed by atoms with Crippen molar-refractivity contribution in [3.8, 4) is 11.6 Å². The minimum atomic E-state index is -0.987. The van der Waals surface area contributed by atoms with Gasteiger partial charge in [0.2, 0.25) is 17.6 Å². The van der Waals surface area contributed by atoms with E-state index in [4.69, 9.17) is 9.15 Å². The number of hydrogen-bond donors (Lipinski definition) is 1. The van der Waals surface area contributed by atoms with Gasteiger partial charge >= 0.3 is 0 Å². The van der Waals surface area contributed by atoms with Crippen molar-refractivity contribution in [2.75, 3.05) is 13.2 Å².